The quantitative estimate of drug-likeness (QED) is 0.381. The maximum atomic E-state index is 12.9. The van der Waals surface area contributed by atoms with Crippen LogP contribution >= 0.6 is 0 Å². The molecule has 2 heterocycles. The minimum absolute atomic E-state index is 0.202. The highest BCUT2D eigenvalue weighted by atomic mass is 16.5. The topological polar surface area (TPSA) is 97.1 Å². The number of carbonyl (C=O) groups excluding carboxylic acids is 1. The van der Waals surface area contributed by atoms with Gasteiger partial charge in [-0.1, -0.05) is 48.5 Å². The number of ether oxygens (including phenoxy) is 2. The van der Waals surface area contributed by atoms with Crippen molar-refractivity contribution in [1.29, 1.82) is 5.26 Å². The predicted molar refractivity (Wildman–Crippen MR) is 127 cm³/mol. The zero-order chi connectivity index (χ0) is 23.2. The number of carbonyl (C=O) groups is 1. The number of anilines is 2. The van der Waals surface area contributed by atoms with Gasteiger partial charge in [0, 0.05) is 16.6 Å². The van der Waals surface area contributed by atoms with E-state index in [-0.39, 0.29) is 23.6 Å². The number of hydrogen-bond donors (Lipinski definition) is 1. The van der Waals surface area contributed by atoms with Gasteiger partial charge in [0.2, 0.25) is 5.88 Å². The Morgan fingerprint density at radius 3 is 2.33 bits per heavy atom. The number of hydrogen-bond acceptors (Lipinski definition) is 7. The number of esters is 1. The molecule has 0 unspecified atom stereocenters. The Kier molecular flexibility index (Phi) is 6.46. The lowest BCUT2D eigenvalue weighted by atomic mass is 9.97. The average molecular weight is 438 g/mol. The van der Waals surface area contributed by atoms with Crippen molar-refractivity contribution in [3.63, 3.8) is 0 Å². The minimum atomic E-state index is -0.517. The van der Waals surface area contributed by atoms with E-state index >= 15 is 0 Å². The number of benzene rings is 2. The van der Waals surface area contributed by atoms with Crippen LogP contribution in [0.4, 0.5) is 11.5 Å². The third-order valence-corrected chi connectivity index (χ3v) is 4.93. The van der Waals surface area contributed by atoms with E-state index in [0.717, 1.165) is 11.3 Å². The maximum Gasteiger partial charge on any atom is 0.341 e. The third-order valence-electron chi connectivity index (χ3n) is 4.93. The van der Waals surface area contributed by atoms with E-state index in [9.17, 15) is 10.1 Å². The van der Waals surface area contributed by atoms with Crippen LogP contribution in [0.1, 0.15) is 29.8 Å². The van der Waals surface area contributed by atoms with Gasteiger partial charge in [-0.05, 0) is 37.6 Å². The van der Waals surface area contributed by atoms with E-state index in [4.69, 9.17) is 9.47 Å². The Bertz CT molecular complexity index is 1330. The molecule has 33 heavy (non-hydrogen) atoms. The molecule has 7 heteroatoms. The largest absolute Gasteiger partial charge is 0.477 e. The van der Waals surface area contributed by atoms with Crippen molar-refractivity contribution in [2.75, 3.05) is 18.5 Å². The molecule has 4 rings (SSSR count). The molecule has 0 atom stereocenters. The van der Waals surface area contributed by atoms with Crippen LogP contribution in [0.5, 0.6) is 5.88 Å². The van der Waals surface area contributed by atoms with Crippen molar-refractivity contribution >= 4 is 28.5 Å². The first-order valence-electron chi connectivity index (χ1n) is 10.6. The number of nitrogens with zero attached hydrogens (tertiary/aromatic N) is 3. The summed E-state index contributed by atoms with van der Waals surface area (Å²) in [5.41, 5.74) is 3.05. The van der Waals surface area contributed by atoms with Crippen LogP contribution in [-0.2, 0) is 4.74 Å². The van der Waals surface area contributed by atoms with E-state index in [1.165, 1.54) is 0 Å². The van der Waals surface area contributed by atoms with Gasteiger partial charge < -0.3 is 14.8 Å². The highest BCUT2D eigenvalue weighted by molar-refractivity contribution is 6.04. The molecule has 0 saturated carbocycles. The summed E-state index contributed by atoms with van der Waals surface area (Å²) >= 11 is 0. The number of fused-ring (bicyclic) bond motifs is 1. The van der Waals surface area contributed by atoms with E-state index in [1.54, 1.807) is 13.0 Å². The summed E-state index contributed by atoms with van der Waals surface area (Å²) in [6.07, 6.45) is 0. The van der Waals surface area contributed by atoms with Crippen LogP contribution in [-0.4, -0.2) is 29.2 Å². The Morgan fingerprint density at radius 1 is 1.00 bits per heavy atom. The molecule has 0 bridgehead atoms. The lowest BCUT2D eigenvalue weighted by molar-refractivity contribution is 0.0527. The van der Waals surface area contributed by atoms with Crippen LogP contribution in [0.2, 0.25) is 0 Å². The molecule has 0 amide bonds. The molecule has 164 valence electrons. The Hall–Kier alpha value is -4.44. The van der Waals surface area contributed by atoms with Crippen LogP contribution in [0.3, 0.4) is 0 Å². The molecule has 4 aromatic rings. The van der Waals surface area contributed by atoms with Crippen molar-refractivity contribution < 1.29 is 14.3 Å². The van der Waals surface area contributed by atoms with Crippen molar-refractivity contribution in [3.05, 3.63) is 77.9 Å². The van der Waals surface area contributed by atoms with Crippen molar-refractivity contribution in [2.45, 2.75) is 13.8 Å². The fourth-order valence-electron chi connectivity index (χ4n) is 3.53. The third kappa shape index (κ3) is 4.46. The average Bonchev–Trinajstić information content (AvgIpc) is 2.84. The second-order valence-corrected chi connectivity index (χ2v) is 7.04. The lowest BCUT2D eigenvalue weighted by Gasteiger charge is -2.16. The van der Waals surface area contributed by atoms with Crippen molar-refractivity contribution in [1.82, 2.24) is 9.97 Å². The van der Waals surface area contributed by atoms with Gasteiger partial charge in [-0.3, -0.25) is 0 Å². The Balaban J connectivity index is 2.03. The van der Waals surface area contributed by atoms with E-state index < -0.39 is 5.97 Å². The van der Waals surface area contributed by atoms with Crippen LogP contribution in [0.25, 0.3) is 22.2 Å². The fourth-order valence-corrected chi connectivity index (χ4v) is 3.53. The number of nitriles is 1. The summed E-state index contributed by atoms with van der Waals surface area (Å²) in [7, 11) is 0. The van der Waals surface area contributed by atoms with Gasteiger partial charge in [0.1, 0.15) is 23.0 Å². The highest BCUT2D eigenvalue weighted by Gasteiger charge is 2.23. The SMILES string of the molecule is CCOC(=O)c1cc2c(-c3ccccc3)c(C#N)c(OCC)nc2nc1Nc1ccccc1. The zero-order valence-electron chi connectivity index (χ0n) is 18.3. The molecule has 0 radical (unpaired) electrons. The molecule has 2 aromatic carbocycles. The molecule has 0 fully saturated rings. The van der Waals surface area contributed by atoms with Crippen LogP contribution in [0, 0.1) is 11.3 Å². The van der Waals surface area contributed by atoms with E-state index in [2.05, 4.69) is 21.4 Å². The summed E-state index contributed by atoms with van der Waals surface area (Å²) in [5.74, 6) is -0.00375. The smallest absolute Gasteiger partial charge is 0.341 e. The second kappa shape index (κ2) is 9.79. The fraction of sp³-hybridized carbons (Fsp3) is 0.154. The number of nitrogens with one attached hydrogen (secondary N) is 1. The van der Waals surface area contributed by atoms with Gasteiger partial charge >= 0.3 is 5.97 Å². The van der Waals surface area contributed by atoms with Gasteiger partial charge in [0.25, 0.3) is 0 Å². The normalized spacial score (nSPS) is 10.5. The number of aromatic nitrogens is 2. The summed E-state index contributed by atoms with van der Waals surface area (Å²) < 4.78 is 11.0. The molecule has 0 saturated heterocycles. The number of para-hydroxylation sites is 1. The highest BCUT2D eigenvalue weighted by Crippen LogP contribution is 2.37. The van der Waals surface area contributed by atoms with Gasteiger partial charge in [-0.25, -0.2) is 9.78 Å². The molecule has 1 N–H and O–H groups in total. The summed E-state index contributed by atoms with van der Waals surface area (Å²) in [4.78, 5) is 22.0. The van der Waals surface area contributed by atoms with Gasteiger partial charge in [0.15, 0.2) is 5.65 Å². The molecule has 0 aliphatic rings. The monoisotopic (exact) mass is 438 g/mol. The number of pyridine rings is 2. The predicted octanol–water partition coefficient (Wildman–Crippen LogP) is 5.49. The first-order chi connectivity index (χ1) is 16.2. The summed E-state index contributed by atoms with van der Waals surface area (Å²) in [5, 5.41) is 13.7. The van der Waals surface area contributed by atoms with Crippen LogP contribution in [0.15, 0.2) is 66.7 Å². The molecule has 2 aromatic heterocycles. The molecule has 0 aliphatic carbocycles. The molecule has 7 nitrogen and oxygen atoms in total. The van der Waals surface area contributed by atoms with E-state index in [1.807, 2.05) is 67.6 Å². The summed E-state index contributed by atoms with van der Waals surface area (Å²) in [6.45, 7) is 4.14. The van der Waals surface area contributed by atoms with Gasteiger partial charge in [0.05, 0.1) is 13.2 Å². The van der Waals surface area contributed by atoms with E-state index in [0.29, 0.717) is 29.0 Å². The molecule has 0 spiro atoms. The van der Waals surface area contributed by atoms with Gasteiger partial charge in [-0.2, -0.15) is 10.2 Å². The number of rotatable bonds is 7. The maximum absolute atomic E-state index is 12.9. The van der Waals surface area contributed by atoms with Crippen molar-refractivity contribution in [2.24, 2.45) is 0 Å². The summed E-state index contributed by atoms with van der Waals surface area (Å²) in [6, 6.07) is 22.7. The first kappa shape index (κ1) is 21.8. The minimum Gasteiger partial charge on any atom is -0.477 e. The second-order valence-electron chi connectivity index (χ2n) is 7.04. The lowest BCUT2D eigenvalue weighted by Crippen LogP contribution is -2.11. The molecular formula is C26H22N4O3. The zero-order valence-corrected chi connectivity index (χ0v) is 18.3. The van der Waals surface area contributed by atoms with Crippen LogP contribution < -0.4 is 10.1 Å². The standard InChI is InChI=1S/C26H22N4O3/c1-3-32-25-21(16-27)22(17-11-7-5-8-12-17)19-15-20(26(31)33-4-2)24(29-23(19)30-25)28-18-13-9-6-10-14-18/h5-15H,3-4H2,1-2H3,(H,28,29,30). The van der Waals surface area contributed by atoms with Crippen molar-refractivity contribution in [3.8, 4) is 23.1 Å². The first-order valence-corrected chi connectivity index (χ1v) is 10.6. The molecular weight excluding hydrogens is 416 g/mol. The Labute approximate surface area is 191 Å². The van der Waals surface area contributed by atoms with Gasteiger partial charge in [-0.15, -0.1) is 0 Å². The Morgan fingerprint density at radius 2 is 1.70 bits per heavy atom. The molecule has 0 aliphatic heterocycles.